The number of nitrogens with zero attached hydrogens (tertiary/aromatic N) is 3. The van der Waals surface area contributed by atoms with Crippen molar-refractivity contribution in [2.75, 3.05) is 24.6 Å². The van der Waals surface area contributed by atoms with Gasteiger partial charge >= 0.3 is 5.97 Å². The summed E-state index contributed by atoms with van der Waals surface area (Å²) in [4.78, 5) is 232. The van der Waals surface area contributed by atoms with Crippen LogP contribution in [0, 0.1) is 17.8 Å². The summed E-state index contributed by atoms with van der Waals surface area (Å²) in [5.74, 6) is -19.4. The first-order valence-corrected chi connectivity index (χ1v) is 37.2. The van der Waals surface area contributed by atoms with E-state index in [9.17, 15) is 82.1 Å². The van der Waals surface area contributed by atoms with Crippen LogP contribution in [0.3, 0.4) is 0 Å². The SMILES string of the molecule is CC[C@H](C)[C@H](N)C(=O)NC1CSSCC(C(=O)N[C@H](C(N)=O)[C@@H](C)O)NC(=O)[C@H](CCCN=C(N)N)NC(=O)C(Cc2cnc[nH]2)NC(=O)[C@H](Cc2cnc[nH]2)NC(=O)CNC(=O)[C@H](Cc2c[nH]c3ccccc23)NC(=O)[C@H](CC(=O)O)NC(=O)C(CCC(N)=O)NC(=O)[C@H](C(C)C)NC(=O)C(C(C)C)NC1=O. The molecule has 592 valence electrons. The summed E-state index contributed by atoms with van der Waals surface area (Å²) >= 11 is 0. The van der Waals surface area contributed by atoms with Crippen LogP contribution in [-0.4, -0.2) is 233 Å². The van der Waals surface area contributed by atoms with E-state index in [2.05, 4.69) is 93.7 Å². The molecule has 0 radical (unpaired) electrons. The second-order valence-corrected chi connectivity index (χ2v) is 29.1. The number of aliphatic hydroxyl groups excluding tert-OH is 1. The molecule has 14 atom stereocenters. The predicted octanol–water partition coefficient (Wildman–Crippen LogP) is -6.17. The lowest BCUT2D eigenvalue weighted by atomic mass is 9.98. The number of rotatable bonds is 25. The van der Waals surface area contributed by atoms with Gasteiger partial charge in [-0.05, 0) is 55.6 Å². The quantitative estimate of drug-likeness (QED) is 0.0127. The average Bonchev–Trinajstić information content (AvgIpc) is 1.65. The van der Waals surface area contributed by atoms with Gasteiger partial charge in [-0.2, -0.15) is 0 Å². The molecule has 1 aliphatic heterocycles. The van der Waals surface area contributed by atoms with Crippen molar-refractivity contribution in [3.8, 4) is 0 Å². The van der Waals surface area contributed by atoms with E-state index in [1.807, 2.05) is 0 Å². The van der Waals surface area contributed by atoms with Gasteiger partial charge in [-0.1, -0.05) is 87.8 Å². The number of aliphatic hydroxyl groups is 1. The molecule has 1 aliphatic rings. The summed E-state index contributed by atoms with van der Waals surface area (Å²) < 4.78 is 0. The number of hydrogen-bond acceptors (Lipinski definition) is 22. The fourth-order valence-electron chi connectivity index (χ4n) is 10.9. The number of aromatic amines is 3. The number of carbonyl (C=O) groups excluding carboxylic acids is 14. The van der Waals surface area contributed by atoms with E-state index < -0.39 is 217 Å². The third-order valence-electron chi connectivity index (χ3n) is 17.3. The molecule has 1 saturated heterocycles. The maximum Gasteiger partial charge on any atom is 0.305 e. The van der Waals surface area contributed by atoms with Crippen molar-refractivity contribution >= 4 is 127 Å². The summed E-state index contributed by atoms with van der Waals surface area (Å²) in [5.41, 5.74) is 30.2. The molecule has 5 unspecified atom stereocenters. The molecule has 1 fully saturated rings. The summed E-state index contributed by atoms with van der Waals surface area (Å²) in [6.07, 6.45) is 2.04. The highest BCUT2D eigenvalue weighted by Crippen LogP contribution is 2.25. The third-order valence-corrected chi connectivity index (χ3v) is 19.7. The predicted molar refractivity (Wildman–Crippen MR) is 394 cm³/mol. The molecule has 1 aromatic carbocycles. The molecule has 108 heavy (non-hydrogen) atoms. The van der Waals surface area contributed by atoms with Gasteiger partial charge in [0.25, 0.3) is 0 Å². The number of carboxylic acid groups (broad SMARTS) is 1. The Morgan fingerprint density at radius 1 is 0.620 bits per heavy atom. The zero-order valence-electron chi connectivity index (χ0n) is 60.7. The number of benzene rings is 1. The van der Waals surface area contributed by atoms with Crippen molar-refractivity contribution in [3.63, 3.8) is 0 Å². The highest BCUT2D eigenvalue weighted by Gasteiger charge is 2.39. The number of amides is 14. The maximum atomic E-state index is 14.9. The van der Waals surface area contributed by atoms with Crippen molar-refractivity contribution in [1.29, 1.82) is 0 Å². The molecule has 42 heteroatoms. The normalized spacial score (nSPS) is 23.2. The van der Waals surface area contributed by atoms with Gasteiger partial charge in [-0.15, -0.1) is 0 Å². The van der Waals surface area contributed by atoms with Gasteiger partial charge in [-0.25, -0.2) is 9.97 Å². The summed E-state index contributed by atoms with van der Waals surface area (Å²) in [6, 6.07) is -12.7. The van der Waals surface area contributed by atoms with Crippen LogP contribution in [0.4, 0.5) is 0 Å². The minimum absolute atomic E-state index is 0.0154. The monoisotopic (exact) mass is 1550 g/mol. The van der Waals surface area contributed by atoms with Crippen molar-refractivity contribution in [3.05, 3.63) is 72.5 Å². The Bertz CT molecular complexity index is 3820. The highest BCUT2D eigenvalue weighted by molar-refractivity contribution is 8.76. The minimum Gasteiger partial charge on any atom is -0.481 e. The van der Waals surface area contributed by atoms with Crippen LogP contribution in [-0.2, 0) is 91.2 Å². The van der Waals surface area contributed by atoms with Gasteiger partial charge < -0.3 is 118 Å². The molecule has 27 N–H and O–H groups in total. The summed E-state index contributed by atoms with van der Waals surface area (Å²) in [7, 11) is 1.71. The Morgan fingerprint density at radius 2 is 1.14 bits per heavy atom. The molecule has 40 nitrogen and oxygen atoms in total. The number of para-hydroxylation sites is 1. The van der Waals surface area contributed by atoms with Crippen LogP contribution < -0.4 is 92.5 Å². The number of aromatic nitrogens is 5. The zero-order valence-corrected chi connectivity index (χ0v) is 62.3. The number of nitrogens with one attached hydrogen (secondary N) is 15. The van der Waals surface area contributed by atoms with E-state index in [0.29, 0.717) is 22.9 Å². The second-order valence-electron chi connectivity index (χ2n) is 26.5. The molecule has 0 saturated carbocycles. The van der Waals surface area contributed by atoms with E-state index in [4.69, 9.17) is 28.7 Å². The lowest BCUT2D eigenvalue weighted by Crippen LogP contribution is -2.62. The number of imidazole rings is 2. The number of fused-ring (bicyclic) bond motifs is 1. The van der Waals surface area contributed by atoms with E-state index in [0.717, 1.165) is 28.5 Å². The number of carboxylic acids is 1. The van der Waals surface area contributed by atoms with Crippen molar-refractivity contribution in [1.82, 2.24) is 88.7 Å². The lowest BCUT2D eigenvalue weighted by Gasteiger charge is -2.30. The van der Waals surface area contributed by atoms with Crippen LogP contribution >= 0.6 is 21.6 Å². The van der Waals surface area contributed by atoms with Crippen LogP contribution in [0.2, 0.25) is 0 Å². The van der Waals surface area contributed by atoms with Crippen LogP contribution in [0.15, 0.2) is 60.5 Å². The molecule has 4 heterocycles. The Kier molecular flexibility index (Phi) is 35.0. The average molecular weight is 1550 g/mol. The van der Waals surface area contributed by atoms with Gasteiger partial charge in [0.15, 0.2) is 5.96 Å². The highest BCUT2D eigenvalue weighted by atomic mass is 33.1. The third kappa shape index (κ3) is 28.1. The number of primary amides is 2. The fourth-order valence-corrected chi connectivity index (χ4v) is 13.2. The number of hydrogen-bond donors (Lipinski definition) is 22. The smallest absolute Gasteiger partial charge is 0.305 e. The van der Waals surface area contributed by atoms with Crippen LogP contribution in [0.5, 0.6) is 0 Å². The Balaban J connectivity index is 1.66. The first-order chi connectivity index (χ1) is 51.1. The van der Waals surface area contributed by atoms with E-state index >= 15 is 0 Å². The zero-order chi connectivity index (χ0) is 80.1. The van der Waals surface area contributed by atoms with E-state index in [1.165, 1.54) is 45.1 Å². The molecule has 0 aliphatic carbocycles. The molecule has 3 aromatic heterocycles. The molecule has 14 amide bonds. The summed E-state index contributed by atoms with van der Waals surface area (Å²) in [5, 5.41) is 51.4. The van der Waals surface area contributed by atoms with Crippen LogP contribution in [0.25, 0.3) is 10.9 Å². The topological polar surface area (TPSA) is 656 Å². The first-order valence-electron chi connectivity index (χ1n) is 34.7. The first kappa shape index (κ1) is 87.8. The fraction of sp³-hybridized carbons (Fsp3) is 0.545. The Morgan fingerprint density at radius 3 is 1.69 bits per heavy atom. The molecule has 5 rings (SSSR count). The number of aliphatic imine (C=N–C) groups is 1. The maximum absolute atomic E-state index is 14.9. The van der Waals surface area contributed by atoms with Gasteiger partial charge in [0.1, 0.15) is 66.5 Å². The largest absolute Gasteiger partial charge is 0.481 e. The van der Waals surface area contributed by atoms with E-state index in [-0.39, 0.29) is 61.7 Å². The van der Waals surface area contributed by atoms with Crippen LogP contribution in [0.1, 0.15) is 104 Å². The number of aliphatic carboxylic acids is 1. The summed E-state index contributed by atoms with van der Waals surface area (Å²) in [6.45, 7) is 9.74. The standard InChI is InChI=1S/C66H99N23O17S2/c1-8-32(6)50(68)63(104)86-46-27-108-107-26-45(62(103)89-53(33(7)90)54(69)95)85-56(97)39(14-11-17-74-66(70)71)80-59(100)43(20-36-24-73-29-78-36)83-58(99)42(19-35-23-72-28-77-35)79-48(92)25-76-55(96)41(18-34-22-75-38-13-10-9-12-37(34)38)82-60(101)44(21-49(93)94)84-57(98)40(15-16-47(67)91)81-64(105)51(30(2)3)88-65(106)52(31(4)5)87-61(46)102/h9-10,12-13,22-24,28-33,39-46,50-53,75,90H,8,11,14-21,25-27,68H2,1-7H3,(H2,67,91)(H2,69,95)(H,72,77)(H,73,78)(H,76,96)(H,79,92)(H,80,100)(H,81,105)(H,82,101)(H,83,99)(H,84,98)(H,85,97)(H,86,104)(H,87,102)(H,88,106)(H,89,103)(H,93,94)(H4,70,71,74)/t32-,33+,39-,40?,41-,42-,43?,44-,45?,46?,50-,51-,52?,53-/m0/s1. The number of nitrogens with two attached hydrogens (primary N) is 5. The number of guanidine groups is 1. The molecular weight excluding hydrogens is 1450 g/mol. The van der Waals surface area contributed by atoms with E-state index in [1.54, 1.807) is 52.0 Å². The minimum atomic E-state index is -2.04. The molecular formula is C66H99N23O17S2. The lowest BCUT2D eigenvalue weighted by molar-refractivity contribution is -0.141. The molecule has 4 aromatic rings. The van der Waals surface area contributed by atoms with Crippen molar-refractivity contribution in [2.45, 2.75) is 185 Å². The van der Waals surface area contributed by atoms with Crippen molar-refractivity contribution < 1.29 is 82.1 Å². The molecule has 0 bridgehead atoms. The molecule has 0 spiro atoms. The second kappa shape index (κ2) is 43.1. The number of carbonyl (C=O) groups is 15. The van der Waals surface area contributed by atoms with Gasteiger partial charge in [0, 0.05) is 84.6 Å². The van der Waals surface area contributed by atoms with Crippen molar-refractivity contribution in [2.24, 2.45) is 51.4 Å². The Hall–Kier alpha value is -10.9. The van der Waals surface area contributed by atoms with Gasteiger partial charge in [-0.3, -0.25) is 76.9 Å². The van der Waals surface area contributed by atoms with Gasteiger partial charge in [0.05, 0.1) is 37.8 Å². The Labute approximate surface area is 628 Å². The van der Waals surface area contributed by atoms with Gasteiger partial charge in [0.2, 0.25) is 82.7 Å². The number of H-pyrrole nitrogens is 3.